The number of benzene rings is 1. The van der Waals surface area contributed by atoms with Crippen molar-refractivity contribution in [2.75, 3.05) is 26.6 Å². The van der Waals surface area contributed by atoms with Crippen molar-refractivity contribution in [3.8, 4) is 11.5 Å². The number of imide groups is 1. The number of anilines is 1. The van der Waals surface area contributed by atoms with Gasteiger partial charge in [-0.2, -0.15) is 0 Å². The fourth-order valence-electron chi connectivity index (χ4n) is 3.09. The molecular formula is C19H20N2O6S. The molecule has 0 radical (unpaired) electrons. The largest absolute Gasteiger partial charge is 0.493 e. The topological polar surface area (TPSA) is 103 Å². The van der Waals surface area contributed by atoms with Crippen LogP contribution in [0.1, 0.15) is 37.6 Å². The van der Waals surface area contributed by atoms with E-state index in [4.69, 9.17) is 9.47 Å². The molecular weight excluding hydrogens is 384 g/mol. The van der Waals surface area contributed by atoms with Gasteiger partial charge in [-0.25, -0.2) is 4.79 Å². The van der Waals surface area contributed by atoms with Gasteiger partial charge in [-0.05, 0) is 43.0 Å². The molecule has 1 heterocycles. The number of nitrogens with one attached hydrogen (secondary N) is 2. The normalized spacial score (nSPS) is 12.1. The highest BCUT2D eigenvalue weighted by molar-refractivity contribution is 7.17. The van der Waals surface area contributed by atoms with E-state index in [1.165, 1.54) is 32.7 Å². The monoisotopic (exact) mass is 404 g/mol. The lowest BCUT2D eigenvalue weighted by Gasteiger charge is -2.11. The second-order valence-electron chi connectivity index (χ2n) is 6.03. The van der Waals surface area contributed by atoms with Gasteiger partial charge in [-0.3, -0.25) is 14.9 Å². The van der Waals surface area contributed by atoms with Gasteiger partial charge < -0.3 is 19.5 Å². The van der Waals surface area contributed by atoms with Crippen LogP contribution in [0.3, 0.4) is 0 Å². The number of rotatable bonds is 5. The van der Waals surface area contributed by atoms with Gasteiger partial charge in [0.25, 0.3) is 11.8 Å². The van der Waals surface area contributed by atoms with E-state index in [1.54, 1.807) is 18.2 Å². The molecule has 0 saturated carbocycles. The van der Waals surface area contributed by atoms with Crippen LogP contribution in [0.15, 0.2) is 18.2 Å². The third kappa shape index (κ3) is 3.79. The van der Waals surface area contributed by atoms with E-state index in [9.17, 15) is 14.4 Å². The first kappa shape index (κ1) is 19.7. The molecule has 2 N–H and O–H groups in total. The minimum absolute atomic E-state index is 0.316. The number of aryl methyl sites for hydroxylation is 1. The van der Waals surface area contributed by atoms with E-state index in [-0.39, 0.29) is 0 Å². The quantitative estimate of drug-likeness (QED) is 0.794. The van der Waals surface area contributed by atoms with E-state index >= 15 is 0 Å². The third-order valence-electron chi connectivity index (χ3n) is 4.42. The smallest absolute Gasteiger partial charge is 0.413 e. The highest BCUT2D eigenvalue weighted by Gasteiger charge is 2.28. The summed E-state index contributed by atoms with van der Waals surface area (Å²) in [6.07, 6.45) is 1.65. The maximum atomic E-state index is 12.7. The number of hydrogen-bond donors (Lipinski definition) is 2. The molecule has 8 nitrogen and oxygen atoms in total. The summed E-state index contributed by atoms with van der Waals surface area (Å²) in [6, 6.07) is 4.79. The maximum Gasteiger partial charge on any atom is 0.413 e. The minimum atomic E-state index is -0.847. The van der Waals surface area contributed by atoms with Gasteiger partial charge in [-0.1, -0.05) is 0 Å². The number of carbonyl (C=O) groups excluding carboxylic acids is 3. The van der Waals surface area contributed by atoms with Crippen LogP contribution in [0.4, 0.5) is 9.80 Å². The number of alkyl carbamates (subject to hydrolysis) is 1. The van der Waals surface area contributed by atoms with Crippen LogP contribution in [-0.4, -0.2) is 39.2 Å². The van der Waals surface area contributed by atoms with Crippen LogP contribution in [0.25, 0.3) is 0 Å². The maximum absolute atomic E-state index is 12.7. The molecule has 28 heavy (non-hydrogen) atoms. The standard InChI is InChI=1S/C19H20N2O6S/c1-25-12-8-7-10(9-13(12)26-2)16(22)20-18-15(17(23)21-19(24)27-3)11-5-4-6-14(11)28-18/h7-9H,4-6H2,1-3H3,(H,20,22)(H,21,23,24). The summed E-state index contributed by atoms with van der Waals surface area (Å²) in [5, 5.41) is 5.36. The highest BCUT2D eigenvalue weighted by Crippen LogP contribution is 2.39. The zero-order chi connectivity index (χ0) is 20.3. The number of hydrogen-bond acceptors (Lipinski definition) is 7. The predicted octanol–water partition coefficient (Wildman–Crippen LogP) is 3.00. The van der Waals surface area contributed by atoms with Gasteiger partial charge in [0.2, 0.25) is 0 Å². The van der Waals surface area contributed by atoms with Gasteiger partial charge in [0.05, 0.1) is 26.9 Å². The second-order valence-corrected chi connectivity index (χ2v) is 7.14. The Labute approximate surface area is 165 Å². The van der Waals surface area contributed by atoms with Gasteiger partial charge >= 0.3 is 6.09 Å². The molecule has 0 bridgehead atoms. The lowest BCUT2D eigenvalue weighted by molar-refractivity contribution is 0.0937. The lowest BCUT2D eigenvalue weighted by Crippen LogP contribution is -2.31. The van der Waals surface area contributed by atoms with Crippen LogP contribution < -0.4 is 20.1 Å². The average molecular weight is 404 g/mol. The number of carbonyl (C=O) groups is 3. The summed E-state index contributed by atoms with van der Waals surface area (Å²) in [6.45, 7) is 0. The number of fused-ring (bicyclic) bond motifs is 1. The molecule has 2 aromatic rings. The first-order valence-corrected chi connectivity index (χ1v) is 9.37. The van der Waals surface area contributed by atoms with Crippen molar-refractivity contribution >= 4 is 34.2 Å². The molecule has 0 saturated heterocycles. The highest BCUT2D eigenvalue weighted by atomic mass is 32.1. The van der Waals surface area contributed by atoms with Crippen molar-refractivity contribution in [3.63, 3.8) is 0 Å². The summed E-state index contributed by atoms with van der Waals surface area (Å²) >= 11 is 1.35. The molecule has 1 aromatic carbocycles. The van der Waals surface area contributed by atoms with Crippen LogP contribution >= 0.6 is 11.3 Å². The Hall–Kier alpha value is -3.07. The molecule has 0 atom stereocenters. The summed E-state index contributed by atoms with van der Waals surface area (Å²) in [4.78, 5) is 37.8. The minimum Gasteiger partial charge on any atom is -0.493 e. The fourth-order valence-corrected chi connectivity index (χ4v) is 4.37. The molecule has 0 aliphatic heterocycles. The summed E-state index contributed by atoms with van der Waals surface area (Å²) < 4.78 is 14.9. The van der Waals surface area contributed by atoms with E-state index in [0.717, 1.165) is 29.7 Å². The lowest BCUT2D eigenvalue weighted by atomic mass is 10.1. The Morgan fingerprint density at radius 3 is 2.43 bits per heavy atom. The molecule has 1 aliphatic carbocycles. The van der Waals surface area contributed by atoms with Crippen molar-refractivity contribution < 1.29 is 28.6 Å². The van der Waals surface area contributed by atoms with Crippen molar-refractivity contribution in [1.82, 2.24) is 5.32 Å². The van der Waals surface area contributed by atoms with Crippen molar-refractivity contribution in [2.45, 2.75) is 19.3 Å². The average Bonchev–Trinajstić information content (AvgIpc) is 3.27. The van der Waals surface area contributed by atoms with E-state index in [0.29, 0.717) is 27.6 Å². The van der Waals surface area contributed by atoms with Crippen molar-refractivity contribution in [2.24, 2.45) is 0 Å². The summed E-state index contributed by atoms with van der Waals surface area (Å²) in [7, 11) is 4.18. The molecule has 3 rings (SSSR count). The number of methoxy groups -OCH3 is 3. The Kier molecular flexibility index (Phi) is 5.84. The zero-order valence-electron chi connectivity index (χ0n) is 15.7. The van der Waals surface area contributed by atoms with Crippen molar-refractivity contribution in [3.05, 3.63) is 39.8 Å². The van der Waals surface area contributed by atoms with Crippen LogP contribution in [0, 0.1) is 0 Å². The molecule has 3 amide bonds. The number of amides is 3. The molecule has 0 spiro atoms. The molecule has 9 heteroatoms. The fraction of sp³-hybridized carbons (Fsp3) is 0.316. The van der Waals surface area contributed by atoms with Crippen LogP contribution in [-0.2, 0) is 17.6 Å². The predicted molar refractivity (Wildman–Crippen MR) is 104 cm³/mol. The van der Waals surface area contributed by atoms with E-state index in [2.05, 4.69) is 15.4 Å². The number of thiophene rings is 1. The Morgan fingerprint density at radius 2 is 1.75 bits per heavy atom. The molecule has 1 aromatic heterocycles. The SMILES string of the molecule is COC(=O)NC(=O)c1c(NC(=O)c2ccc(OC)c(OC)c2)sc2c1CCC2. The molecule has 148 valence electrons. The van der Waals surface area contributed by atoms with Gasteiger partial charge in [0.15, 0.2) is 11.5 Å². The Bertz CT molecular complexity index is 937. The van der Waals surface area contributed by atoms with Gasteiger partial charge in [0.1, 0.15) is 5.00 Å². The zero-order valence-corrected chi connectivity index (χ0v) is 16.5. The first-order chi connectivity index (χ1) is 13.5. The van der Waals surface area contributed by atoms with Crippen molar-refractivity contribution in [1.29, 1.82) is 0 Å². The summed E-state index contributed by atoms with van der Waals surface area (Å²) in [5.41, 5.74) is 1.54. The first-order valence-electron chi connectivity index (χ1n) is 8.55. The molecule has 1 aliphatic rings. The van der Waals surface area contributed by atoms with Gasteiger partial charge in [0, 0.05) is 10.4 Å². The number of ether oxygens (including phenoxy) is 3. The van der Waals surface area contributed by atoms with Crippen LogP contribution in [0.2, 0.25) is 0 Å². The van der Waals surface area contributed by atoms with Crippen LogP contribution in [0.5, 0.6) is 11.5 Å². The second kappa shape index (κ2) is 8.30. The molecule has 0 fully saturated rings. The Morgan fingerprint density at radius 1 is 1.00 bits per heavy atom. The Balaban J connectivity index is 1.89. The third-order valence-corrected chi connectivity index (χ3v) is 5.63. The van der Waals surface area contributed by atoms with E-state index < -0.39 is 17.9 Å². The van der Waals surface area contributed by atoms with E-state index in [1.807, 2.05) is 0 Å². The summed E-state index contributed by atoms with van der Waals surface area (Å²) in [5.74, 6) is -0.0540. The van der Waals surface area contributed by atoms with Gasteiger partial charge in [-0.15, -0.1) is 11.3 Å². The molecule has 0 unspecified atom stereocenters.